The van der Waals surface area contributed by atoms with E-state index in [1.165, 1.54) is 5.56 Å². The van der Waals surface area contributed by atoms with Gasteiger partial charge < -0.3 is 15.0 Å². The number of aryl methyl sites for hydroxylation is 1. The molecule has 0 radical (unpaired) electrons. The van der Waals surface area contributed by atoms with E-state index in [1.807, 2.05) is 42.2 Å². The lowest BCUT2D eigenvalue weighted by atomic mass is 9.74. The maximum atomic E-state index is 12.8. The maximum absolute atomic E-state index is 12.8. The van der Waals surface area contributed by atoms with Gasteiger partial charge in [-0.1, -0.05) is 54.6 Å². The van der Waals surface area contributed by atoms with Crippen LogP contribution in [0.5, 0.6) is 0 Å². The predicted molar refractivity (Wildman–Crippen MR) is 129 cm³/mol. The van der Waals surface area contributed by atoms with E-state index in [0.29, 0.717) is 32.6 Å². The first-order chi connectivity index (χ1) is 16.1. The van der Waals surface area contributed by atoms with Gasteiger partial charge >= 0.3 is 0 Å². The molecule has 1 N–H and O–H groups in total. The van der Waals surface area contributed by atoms with E-state index in [1.54, 1.807) is 0 Å². The summed E-state index contributed by atoms with van der Waals surface area (Å²) < 4.78 is 5.59. The second-order valence-electron chi connectivity index (χ2n) is 9.30. The minimum atomic E-state index is -0.0597. The highest BCUT2D eigenvalue weighted by Gasteiger charge is 2.35. The fourth-order valence-electron chi connectivity index (χ4n) is 4.89. The quantitative estimate of drug-likeness (QED) is 0.706. The Bertz CT molecular complexity index is 933. The third-order valence-corrected chi connectivity index (χ3v) is 7.16. The van der Waals surface area contributed by atoms with Crippen molar-refractivity contribution in [2.45, 2.75) is 31.6 Å². The van der Waals surface area contributed by atoms with Crippen molar-refractivity contribution in [1.29, 1.82) is 0 Å². The standard InChI is InChI=1S/C27H35N3O3/c1-22-7-5-6-8-23(22)19-26(32)30-15-13-29(14-16-30)20-25(31)28-21-27(11-17-33-18-12-27)24-9-3-2-4-10-24/h2-10H,11-21H2,1H3,(H,28,31). The Labute approximate surface area is 196 Å². The second kappa shape index (κ2) is 10.9. The fourth-order valence-corrected chi connectivity index (χ4v) is 4.89. The number of piperazine rings is 1. The molecule has 0 saturated carbocycles. The topological polar surface area (TPSA) is 61.9 Å². The molecule has 0 spiro atoms. The lowest BCUT2D eigenvalue weighted by molar-refractivity contribution is -0.132. The van der Waals surface area contributed by atoms with Crippen molar-refractivity contribution in [3.63, 3.8) is 0 Å². The van der Waals surface area contributed by atoms with Gasteiger partial charge in [0.25, 0.3) is 0 Å². The molecule has 0 bridgehead atoms. The molecule has 2 aromatic carbocycles. The average Bonchev–Trinajstić information content (AvgIpc) is 2.86. The normalized spacial score (nSPS) is 18.6. The summed E-state index contributed by atoms with van der Waals surface area (Å²) in [5.41, 5.74) is 3.45. The van der Waals surface area contributed by atoms with Crippen LogP contribution >= 0.6 is 0 Å². The van der Waals surface area contributed by atoms with Crippen LogP contribution in [0.25, 0.3) is 0 Å². The van der Waals surface area contributed by atoms with Crippen LogP contribution in [-0.2, 0) is 26.2 Å². The molecule has 6 heteroatoms. The summed E-state index contributed by atoms with van der Waals surface area (Å²) in [5, 5.41) is 3.20. The smallest absolute Gasteiger partial charge is 0.234 e. The Morgan fingerprint density at radius 2 is 1.61 bits per heavy atom. The van der Waals surface area contributed by atoms with Gasteiger partial charge in [-0.25, -0.2) is 0 Å². The molecule has 0 unspecified atom stereocenters. The van der Waals surface area contributed by atoms with E-state index in [9.17, 15) is 9.59 Å². The van der Waals surface area contributed by atoms with Gasteiger partial charge in [0.1, 0.15) is 0 Å². The Morgan fingerprint density at radius 1 is 0.939 bits per heavy atom. The number of carbonyl (C=O) groups excluding carboxylic acids is 2. The minimum absolute atomic E-state index is 0.0523. The lowest BCUT2D eigenvalue weighted by Crippen LogP contribution is -2.52. The van der Waals surface area contributed by atoms with E-state index in [4.69, 9.17) is 4.74 Å². The summed E-state index contributed by atoms with van der Waals surface area (Å²) in [5.74, 6) is 0.217. The first-order valence-electron chi connectivity index (χ1n) is 12.0. The molecular weight excluding hydrogens is 414 g/mol. The van der Waals surface area contributed by atoms with Crippen molar-refractivity contribution in [2.24, 2.45) is 0 Å². The number of nitrogens with zero attached hydrogens (tertiary/aromatic N) is 2. The van der Waals surface area contributed by atoms with Gasteiger partial charge in [0.15, 0.2) is 0 Å². The molecule has 2 amide bonds. The van der Waals surface area contributed by atoms with Gasteiger partial charge in [0.2, 0.25) is 11.8 Å². The zero-order valence-electron chi connectivity index (χ0n) is 19.6. The van der Waals surface area contributed by atoms with Crippen molar-refractivity contribution >= 4 is 11.8 Å². The summed E-state index contributed by atoms with van der Waals surface area (Å²) in [6.07, 6.45) is 2.27. The Hall–Kier alpha value is -2.70. The van der Waals surface area contributed by atoms with E-state index in [0.717, 1.165) is 50.3 Å². The largest absolute Gasteiger partial charge is 0.381 e. The number of hydrogen-bond acceptors (Lipinski definition) is 4. The SMILES string of the molecule is Cc1ccccc1CC(=O)N1CCN(CC(=O)NCC2(c3ccccc3)CCOCC2)CC1. The zero-order valence-corrected chi connectivity index (χ0v) is 19.6. The molecule has 2 fully saturated rings. The van der Waals surface area contributed by atoms with E-state index in [2.05, 4.69) is 34.5 Å². The third kappa shape index (κ3) is 6.01. The van der Waals surface area contributed by atoms with Gasteiger partial charge in [0, 0.05) is 51.4 Å². The molecule has 0 aromatic heterocycles. The van der Waals surface area contributed by atoms with Crippen molar-refractivity contribution in [3.05, 3.63) is 71.3 Å². The number of amides is 2. The van der Waals surface area contributed by atoms with E-state index < -0.39 is 0 Å². The fraction of sp³-hybridized carbons (Fsp3) is 0.481. The summed E-state index contributed by atoms with van der Waals surface area (Å²) in [6, 6.07) is 18.5. The van der Waals surface area contributed by atoms with Crippen LogP contribution in [0.2, 0.25) is 0 Å². The van der Waals surface area contributed by atoms with Crippen LogP contribution in [-0.4, -0.2) is 74.1 Å². The van der Waals surface area contributed by atoms with Crippen molar-refractivity contribution in [1.82, 2.24) is 15.1 Å². The van der Waals surface area contributed by atoms with Gasteiger partial charge in [-0.05, 0) is 36.5 Å². The molecule has 4 rings (SSSR count). The van der Waals surface area contributed by atoms with Crippen molar-refractivity contribution in [3.8, 4) is 0 Å². The van der Waals surface area contributed by atoms with Crippen LogP contribution in [0.1, 0.15) is 29.5 Å². The first kappa shape index (κ1) is 23.5. The zero-order chi connectivity index (χ0) is 23.1. The van der Waals surface area contributed by atoms with Gasteiger partial charge in [-0.2, -0.15) is 0 Å². The molecule has 2 saturated heterocycles. The summed E-state index contributed by atoms with van der Waals surface area (Å²) in [6.45, 7) is 7.30. The van der Waals surface area contributed by atoms with Crippen molar-refractivity contribution < 1.29 is 14.3 Å². The number of benzene rings is 2. The van der Waals surface area contributed by atoms with Gasteiger partial charge in [-0.15, -0.1) is 0 Å². The first-order valence-corrected chi connectivity index (χ1v) is 12.0. The lowest BCUT2D eigenvalue weighted by Gasteiger charge is -2.38. The van der Waals surface area contributed by atoms with E-state index >= 15 is 0 Å². The number of rotatable bonds is 7. The number of ether oxygens (including phenoxy) is 1. The van der Waals surface area contributed by atoms with Crippen LogP contribution in [0, 0.1) is 6.92 Å². The van der Waals surface area contributed by atoms with Gasteiger partial charge in [0.05, 0.1) is 13.0 Å². The Balaban J connectivity index is 1.24. The Morgan fingerprint density at radius 3 is 2.30 bits per heavy atom. The molecule has 176 valence electrons. The monoisotopic (exact) mass is 449 g/mol. The highest BCUT2D eigenvalue weighted by Crippen LogP contribution is 2.34. The molecular formula is C27H35N3O3. The predicted octanol–water partition coefficient (Wildman–Crippen LogP) is 2.55. The highest BCUT2D eigenvalue weighted by atomic mass is 16.5. The van der Waals surface area contributed by atoms with Crippen molar-refractivity contribution in [2.75, 3.05) is 52.5 Å². The van der Waals surface area contributed by atoms with Crippen LogP contribution in [0.15, 0.2) is 54.6 Å². The molecule has 0 aliphatic carbocycles. The summed E-state index contributed by atoms with van der Waals surface area (Å²) >= 11 is 0. The number of nitrogens with one attached hydrogen (secondary N) is 1. The summed E-state index contributed by atoms with van der Waals surface area (Å²) in [4.78, 5) is 29.5. The number of hydrogen-bond donors (Lipinski definition) is 1. The van der Waals surface area contributed by atoms with E-state index in [-0.39, 0.29) is 17.2 Å². The number of carbonyl (C=O) groups is 2. The van der Waals surface area contributed by atoms with Crippen LogP contribution < -0.4 is 5.32 Å². The van der Waals surface area contributed by atoms with Crippen LogP contribution in [0.3, 0.4) is 0 Å². The Kier molecular flexibility index (Phi) is 7.78. The third-order valence-electron chi connectivity index (χ3n) is 7.16. The molecule has 2 aliphatic rings. The molecule has 0 atom stereocenters. The summed E-state index contributed by atoms with van der Waals surface area (Å²) in [7, 11) is 0. The molecule has 33 heavy (non-hydrogen) atoms. The maximum Gasteiger partial charge on any atom is 0.234 e. The van der Waals surface area contributed by atoms with Gasteiger partial charge in [-0.3, -0.25) is 14.5 Å². The molecule has 2 aliphatic heterocycles. The minimum Gasteiger partial charge on any atom is -0.381 e. The average molecular weight is 450 g/mol. The highest BCUT2D eigenvalue weighted by molar-refractivity contribution is 5.80. The molecule has 6 nitrogen and oxygen atoms in total. The molecule has 2 aromatic rings. The second-order valence-corrected chi connectivity index (χ2v) is 9.30. The molecule has 2 heterocycles. The van der Waals surface area contributed by atoms with Crippen LogP contribution in [0.4, 0.5) is 0 Å².